The molecular weight excluding hydrogens is 282 g/mol. The normalized spacial score (nSPS) is 34.8. The number of aliphatic hydroxyl groups excluding tert-OH is 2. The average molecular weight is 305 g/mol. The first-order valence-electron chi connectivity index (χ1n) is 6.86. The van der Waals surface area contributed by atoms with Crippen molar-refractivity contribution in [2.75, 3.05) is 13.7 Å². The second-order valence-electron chi connectivity index (χ2n) is 5.05. The van der Waals surface area contributed by atoms with Gasteiger partial charge < -0.3 is 29.6 Å². The fourth-order valence-corrected chi connectivity index (χ4v) is 2.13. The van der Waals surface area contributed by atoms with Gasteiger partial charge in [0.15, 0.2) is 0 Å². The molecule has 1 heterocycles. The Hall–Kier alpha value is -1.22. The minimum absolute atomic E-state index is 0.216. The van der Waals surface area contributed by atoms with Crippen LogP contribution in [-0.2, 0) is 19.1 Å². The summed E-state index contributed by atoms with van der Waals surface area (Å²) in [7, 11) is 1.18. The molecule has 0 aliphatic carbocycles. The minimum atomic E-state index is -1.98. The Balaban J connectivity index is 2.83. The molecule has 1 fully saturated rings. The first-order chi connectivity index (χ1) is 9.88. The maximum absolute atomic E-state index is 11.3. The standard InChI is InChI=1S/C13H23NO7/c1-4-5-20-14-7-10(16)11-8(2)9(15)6-13(19-3,21-11)12(17)18/h7-11,15-16H,4-6H2,1-3H3,(H,17,18)/b14-7+/t8?,9?,10-,11?,13?/m1/s1. The van der Waals surface area contributed by atoms with E-state index in [0.29, 0.717) is 6.61 Å². The average Bonchev–Trinajstić information content (AvgIpc) is 2.46. The number of carbonyl (C=O) groups is 1. The zero-order chi connectivity index (χ0) is 16.0. The largest absolute Gasteiger partial charge is 0.477 e. The van der Waals surface area contributed by atoms with Crippen molar-refractivity contribution in [3.8, 4) is 0 Å². The highest BCUT2D eigenvalue weighted by Gasteiger charge is 2.52. The summed E-state index contributed by atoms with van der Waals surface area (Å²) in [5.41, 5.74) is 0. The van der Waals surface area contributed by atoms with Gasteiger partial charge in [0.2, 0.25) is 0 Å². The van der Waals surface area contributed by atoms with Gasteiger partial charge in [0.1, 0.15) is 12.7 Å². The minimum Gasteiger partial charge on any atom is -0.477 e. The SMILES string of the molecule is CCCO/N=C/[C@@H](O)C1OC(OC)(C(=O)O)CC(O)C1C. The van der Waals surface area contributed by atoms with Crippen LogP contribution in [0.15, 0.2) is 5.16 Å². The maximum Gasteiger partial charge on any atom is 0.364 e. The lowest BCUT2D eigenvalue weighted by Crippen LogP contribution is -2.59. The molecule has 122 valence electrons. The van der Waals surface area contributed by atoms with Crippen molar-refractivity contribution < 1.29 is 34.4 Å². The third kappa shape index (κ3) is 4.13. The number of carboxylic acid groups (broad SMARTS) is 1. The van der Waals surface area contributed by atoms with E-state index >= 15 is 0 Å². The molecule has 5 atom stereocenters. The molecule has 1 aliphatic rings. The molecule has 0 bridgehead atoms. The Morgan fingerprint density at radius 1 is 1.62 bits per heavy atom. The van der Waals surface area contributed by atoms with E-state index < -0.39 is 36.0 Å². The molecule has 21 heavy (non-hydrogen) atoms. The van der Waals surface area contributed by atoms with Gasteiger partial charge in [0, 0.05) is 19.4 Å². The van der Waals surface area contributed by atoms with E-state index in [4.69, 9.17) is 14.3 Å². The summed E-state index contributed by atoms with van der Waals surface area (Å²) in [6.45, 7) is 3.97. The molecule has 0 amide bonds. The van der Waals surface area contributed by atoms with E-state index in [1.54, 1.807) is 6.92 Å². The molecule has 1 rings (SSSR count). The van der Waals surface area contributed by atoms with Crippen molar-refractivity contribution in [3.05, 3.63) is 0 Å². The van der Waals surface area contributed by atoms with Gasteiger partial charge in [-0.15, -0.1) is 0 Å². The van der Waals surface area contributed by atoms with Gasteiger partial charge in [-0.05, 0) is 6.42 Å². The number of oxime groups is 1. The Kier molecular flexibility index (Phi) is 6.53. The molecule has 0 aromatic rings. The Bertz CT molecular complexity index is 376. The molecule has 0 aromatic carbocycles. The molecule has 0 saturated carbocycles. The van der Waals surface area contributed by atoms with Crippen LogP contribution in [0.25, 0.3) is 0 Å². The number of aliphatic hydroxyl groups is 2. The molecule has 8 nitrogen and oxygen atoms in total. The van der Waals surface area contributed by atoms with Gasteiger partial charge in [0.25, 0.3) is 5.79 Å². The van der Waals surface area contributed by atoms with E-state index in [1.165, 1.54) is 7.11 Å². The van der Waals surface area contributed by atoms with Crippen LogP contribution in [0, 0.1) is 5.92 Å². The topological polar surface area (TPSA) is 118 Å². The Morgan fingerprint density at radius 3 is 2.81 bits per heavy atom. The third-order valence-corrected chi connectivity index (χ3v) is 3.51. The first-order valence-corrected chi connectivity index (χ1v) is 6.86. The monoisotopic (exact) mass is 305 g/mol. The Morgan fingerprint density at radius 2 is 2.29 bits per heavy atom. The van der Waals surface area contributed by atoms with E-state index in [2.05, 4.69) is 5.16 Å². The van der Waals surface area contributed by atoms with Crippen LogP contribution in [0.1, 0.15) is 26.7 Å². The summed E-state index contributed by atoms with van der Waals surface area (Å²) in [6.07, 6.45) is -1.50. The van der Waals surface area contributed by atoms with Crippen LogP contribution in [0.3, 0.4) is 0 Å². The molecule has 1 aliphatic heterocycles. The molecule has 3 N–H and O–H groups in total. The second-order valence-corrected chi connectivity index (χ2v) is 5.05. The quantitative estimate of drug-likeness (QED) is 0.343. The molecule has 1 saturated heterocycles. The summed E-state index contributed by atoms with van der Waals surface area (Å²) in [5, 5.41) is 32.9. The summed E-state index contributed by atoms with van der Waals surface area (Å²) < 4.78 is 10.3. The molecule has 8 heteroatoms. The fourth-order valence-electron chi connectivity index (χ4n) is 2.13. The van der Waals surface area contributed by atoms with Gasteiger partial charge in [0.05, 0.1) is 18.4 Å². The van der Waals surface area contributed by atoms with Crippen molar-refractivity contribution in [1.82, 2.24) is 0 Å². The Labute approximate surface area is 123 Å². The molecule has 4 unspecified atom stereocenters. The van der Waals surface area contributed by atoms with E-state index in [0.717, 1.165) is 12.6 Å². The van der Waals surface area contributed by atoms with Crippen molar-refractivity contribution in [1.29, 1.82) is 0 Å². The van der Waals surface area contributed by atoms with Gasteiger partial charge in [-0.1, -0.05) is 19.0 Å². The highest BCUT2D eigenvalue weighted by atomic mass is 16.7. The van der Waals surface area contributed by atoms with Crippen LogP contribution < -0.4 is 0 Å². The van der Waals surface area contributed by atoms with Crippen molar-refractivity contribution in [3.63, 3.8) is 0 Å². The zero-order valence-electron chi connectivity index (χ0n) is 12.4. The fraction of sp³-hybridized carbons (Fsp3) is 0.846. The van der Waals surface area contributed by atoms with Gasteiger partial charge in [-0.25, -0.2) is 4.79 Å². The number of aliphatic carboxylic acids is 1. The van der Waals surface area contributed by atoms with E-state index in [-0.39, 0.29) is 6.42 Å². The molecule has 0 radical (unpaired) electrons. The number of nitrogens with zero attached hydrogens (tertiary/aromatic N) is 1. The summed E-state index contributed by atoms with van der Waals surface area (Å²) in [4.78, 5) is 16.2. The predicted octanol–water partition coefficient (Wildman–Crippen LogP) is -0.0271. The van der Waals surface area contributed by atoms with Gasteiger partial charge in [-0.3, -0.25) is 0 Å². The van der Waals surface area contributed by atoms with Crippen LogP contribution in [0.5, 0.6) is 0 Å². The number of rotatable bonds is 7. The summed E-state index contributed by atoms with van der Waals surface area (Å²) in [6, 6.07) is 0. The number of hydrogen-bond donors (Lipinski definition) is 3. The number of ether oxygens (including phenoxy) is 2. The van der Waals surface area contributed by atoms with Crippen molar-refractivity contribution in [2.45, 2.75) is 50.8 Å². The van der Waals surface area contributed by atoms with Crippen LogP contribution >= 0.6 is 0 Å². The lowest BCUT2D eigenvalue weighted by Gasteiger charge is -2.43. The summed E-state index contributed by atoms with van der Waals surface area (Å²) in [5.74, 6) is -3.82. The zero-order valence-corrected chi connectivity index (χ0v) is 12.4. The predicted molar refractivity (Wildman–Crippen MR) is 72.8 cm³/mol. The van der Waals surface area contributed by atoms with Crippen LogP contribution in [0.4, 0.5) is 0 Å². The molecule has 0 spiro atoms. The highest BCUT2D eigenvalue weighted by molar-refractivity contribution is 5.76. The third-order valence-electron chi connectivity index (χ3n) is 3.51. The molecule has 0 aromatic heterocycles. The van der Waals surface area contributed by atoms with Crippen molar-refractivity contribution in [2.24, 2.45) is 11.1 Å². The summed E-state index contributed by atoms with van der Waals surface area (Å²) >= 11 is 0. The van der Waals surface area contributed by atoms with Gasteiger partial charge in [-0.2, -0.15) is 0 Å². The van der Waals surface area contributed by atoms with E-state index in [9.17, 15) is 20.1 Å². The van der Waals surface area contributed by atoms with Crippen molar-refractivity contribution >= 4 is 12.2 Å². The van der Waals surface area contributed by atoms with Crippen LogP contribution in [0.2, 0.25) is 0 Å². The van der Waals surface area contributed by atoms with Crippen LogP contribution in [-0.4, -0.2) is 65.3 Å². The number of carboxylic acids is 1. The molecular formula is C13H23NO7. The van der Waals surface area contributed by atoms with Gasteiger partial charge >= 0.3 is 5.97 Å². The number of hydrogen-bond acceptors (Lipinski definition) is 7. The maximum atomic E-state index is 11.3. The van der Waals surface area contributed by atoms with E-state index in [1.807, 2.05) is 6.92 Å². The lowest BCUT2D eigenvalue weighted by atomic mass is 9.86. The highest BCUT2D eigenvalue weighted by Crippen LogP contribution is 2.35. The first kappa shape index (κ1) is 17.8. The lowest BCUT2D eigenvalue weighted by molar-refractivity contribution is -0.300. The second kappa shape index (κ2) is 7.69. The number of methoxy groups -OCH3 is 1. The smallest absolute Gasteiger partial charge is 0.364 e.